The van der Waals surface area contributed by atoms with Crippen molar-refractivity contribution in [2.45, 2.75) is 18.9 Å². The number of benzene rings is 1. The first-order chi connectivity index (χ1) is 10.1. The molecule has 1 saturated heterocycles. The second-order valence-electron chi connectivity index (χ2n) is 5.26. The number of anilines is 1. The lowest BCUT2D eigenvalue weighted by molar-refractivity contribution is 0.0724. The summed E-state index contributed by atoms with van der Waals surface area (Å²) in [4.78, 5) is 14.6. The van der Waals surface area contributed by atoms with Gasteiger partial charge in [-0.15, -0.1) is 0 Å². The molecule has 2 heterocycles. The minimum Gasteiger partial charge on any atom is -0.382 e. The Morgan fingerprint density at radius 1 is 1.43 bits per heavy atom. The van der Waals surface area contributed by atoms with Crippen molar-refractivity contribution in [3.8, 4) is 0 Å². The SMILES string of the molecule is Cn1nc(N)cc1C(=O)N1CCCC1c1ccccc1Cl. The van der Waals surface area contributed by atoms with Gasteiger partial charge in [-0.3, -0.25) is 9.48 Å². The summed E-state index contributed by atoms with van der Waals surface area (Å²) < 4.78 is 1.53. The topological polar surface area (TPSA) is 64.2 Å². The van der Waals surface area contributed by atoms with Crippen LogP contribution in [-0.2, 0) is 7.05 Å². The number of amides is 1. The van der Waals surface area contributed by atoms with Crippen molar-refractivity contribution >= 4 is 23.3 Å². The van der Waals surface area contributed by atoms with Crippen LogP contribution in [0.4, 0.5) is 5.82 Å². The predicted octanol–water partition coefficient (Wildman–Crippen LogP) is 2.63. The van der Waals surface area contributed by atoms with E-state index in [0.29, 0.717) is 16.5 Å². The Labute approximate surface area is 128 Å². The van der Waals surface area contributed by atoms with Crippen molar-refractivity contribution in [3.63, 3.8) is 0 Å². The Hall–Kier alpha value is -2.01. The number of hydrogen-bond donors (Lipinski definition) is 1. The fourth-order valence-electron chi connectivity index (χ4n) is 2.92. The number of nitrogens with zero attached hydrogens (tertiary/aromatic N) is 3. The number of aryl methyl sites for hydroxylation is 1. The second kappa shape index (κ2) is 5.41. The van der Waals surface area contributed by atoms with Crippen LogP contribution >= 0.6 is 11.6 Å². The molecular formula is C15H17ClN4O. The lowest BCUT2D eigenvalue weighted by Crippen LogP contribution is -2.32. The van der Waals surface area contributed by atoms with E-state index in [1.807, 2.05) is 29.2 Å². The number of rotatable bonds is 2. The van der Waals surface area contributed by atoms with Gasteiger partial charge in [0.1, 0.15) is 11.5 Å². The number of nitrogen functional groups attached to an aromatic ring is 1. The maximum Gasteiger partial charge on any atom is 0.272 e. The summed E-state index contributed by atoms with van der Waals surface area (Å²) in [6, 6.07) is 9.32. The normalized spacial score (nSPS) is 18.2. The van der Waals surface area contributed by atoms with E-state index in [0.717, 1.165) is 24.9 Å². The van der Waals surface area contributed by atoms with Crippen LogP contribution in [0.1, 0.15) is 34.9 Å². The molecule has 1 aliphatic rings. The molecule has 0 saturated carbocycles. The van der Waals surface area contributed by atoms with Crippen molar-refractivity contribution < 1.29 is 4.79 Å². The van der Waals surface area contributed by atoms with Crippen LogP contribution < -0.4 is 5.73 Å². The Kier molecular flexibility index (Phi) is 3.59. The molecule has 6 heteroatoms. The van der Waals surface area contributed by atoms with Crippen molar-refractivity contribution in [2.24, 2.45) is 7.05 Å². The van der Waals surface area contributed by atoms with Crippen LogP contribution in [-0.4, -0.2) is 27.1 Å². The third-order valence-corrected chi connectivity index (χ3v) is 4.24. The molecular weight excluding hydrogens is 288 g/mol. The molecule has 2 aromatic rings. The number of nitrogens with two attached hydrogens (primary N) is 1. The molecule has 1 amide bonds. The van der Waals surface area contributed by atoms with E-state index >= 15 is 0 Å². The molecule has 0 spiro atoms. The van der Waals surface area contributed by atoms with E-state index in [4.69, 9.17) is 17.3 Å². The van der Waals surface area contributed by atoms with Crippen molar-refractivity contribution in [3.05, 3.63) is 46.6 Å². The monoisotopic (exact) mass is 304 g/mol. The number of likely N-dealkylation sites (tertiary alicyclic amines) is 1. The van der Waals surface area contributed by atoms with Gasteiger partial charge in [0.15, 0.2) is 0 Å². The van der Waals surface area contributed by atoms with Crippen LogP contribution in [0.25, 0.3) is 0 Å². The lowest BCUT2D eigenvalue weighted by atomic mass is 10.0. The summed E-state index contributed by atoms with van der Waals surface area (Å²) in [5, 5.41) is 4.74. The van der Waals surface area contributed by atoms with Crippen molar-refractivity contribution in [1.29, 1.82) is 0 Å². The van der Waals surface area contributed by atoms with Crippen LogP contribution in [0, 0.1) is 0 Å². The van der Waals surface area contributed by atoms with Gasteiger partial charge in [-0.2, -0.15) is 5.10 Å². The van der Waals surface area contributed by atoms with Crippen molar-refractivity contribution in [1.82, 2.24) is 14.7 Å². The molecule has 1 atom stereocenters. The van der Waals surface area contributed by atoms with Gasteiger partial charge in [0.2, 0.25) is 0 Å². The fraction of sp³-hybridized carbons (Fsp3) is 0.333. The summed E-state index contributed by atoms with van der Waals surface area (Å²) in [5.74, 6) is 0.304. The van der Waals surface area contributed by atoms with Gasteiger partial charge in [-0.1, -0.05) is 29.8 Å². The third-order valence-electron chi connectivity index (χ3n) is 3.90. The predicted molar refractivity (Wildman–Crippen MR) is 82.1 cm³/mol. The first-order valence-corrected chi connectivity index (χ1v) is 7.30. The Balaban J connectivity index is 1.93. The highest BCUT2D eigenvalue weighted by atomic mass is 35.5. The highest BCUT2D eigenvalue weighted by Gasteiger charge is 2.33. The Morgan fingerprint density at radius 3 is 2.86 bits per heavy atom. The minimum atomic E-state index is -0.0517. The molecule has 21 heavy (non-hydrogen) atoms. The molecule has 0 aliphatic carbocycles. The molecule has 0 radical (unpaired) electrons. The number of carbonyl (C=O) groups is 1. The van der Waals surface area contributed by atoms with Gasteiger partial charge >= 0.3 is 0 Å². The number of aromatic nitrogens is 2. The molecule has 110 valence electrons. The lowest BCUT2D eigenvalue weighted by Gasteiger charge is -2.25. The van der Waals surface area contributed by atoms with E-state index < -0.39 is 0 Å². The Morgan fingerprint density at radius 2 is 2.19 bits per heavy atom. The quantitative estimate of drug-likeness (QED) is 0.927. The molecule has 5 nitrogen and oxygen atoms in total. The first kappa shape index (κ1) is 13.9. The van der Waals surface area contributed by atoms with Gasteiger partial charge < -0.3 is 10.6 Å². The summed E-state index contributed by atoms with van der Waals surface area (Å²) in [7, 11) is 1.73. The highest BCUT2D eigenvalue weighted by molar-refractivity contribution is 6.31. The zero-order chi connectivity index (χ0) is 15.0. The van der Waals surface area contributed by atoms with Gasteiger partial charge in [-0.05, 0) is 24.5 Å². The van der Waals surface area contributed by atoms with E-state index in [9.17, 15) is 4.79 Å². The van der Waals surface area contributed by atoms with Gasteiger partial charge in [0, 0.05) is 24.7 Å². The van der Waals surface area contributed by atoms with Crippen LogP contribution in [0.2, 0.25) is 5.02 Å². The first-order valence-electron chi connectivity index (χ1n) is 6.93. The maximum atomic E-state index is 12.7. The molecule has 0 bridgehead atoms. The minimum absolute atomic E-state index is 0.0160. The summed E-state index contributed by atoms with van der Waals surface area (Å²) in [5.41, 5.74) is 7.17. The zero-order valence-electron chi connectivity index (χ0n) is 11.8. The average Bonchev–Trinajstić information content (AvgIpc) is 3.05. The second-order valence-corrected chi connectivity index (χ2v) is 5.66. The molecule has 1 aromatic heterocycles. The zero-order valence-corrected chi connectivity index (χ0v) is 12.5. The number of hydrogen-bond acceptors (Lipinski definition) is 3. The van der Waals surface area contributed by atoms with E-state index in [1.54, 1.807) is 13.1 Å². The molecule has 2 N–H and O–H groups in total. The molecule has 1 aromatic carbocycles. The van der Waals surface area contributed by atoms with Gasteiger partial charge in [-0.25, -0.2) is 0 Å². The summed E-state index contributed by atoms with van der Waals surface area (Å²) in [6.45, 7) is 0.722. The smallest absolute Gasteiger partial charge is 0.272 e. The van der Waals surface area contributed by atoms with Gasteiger partial charge in [0.05, 0.1) is 6.04 Å². The summed E-state index contributed by atoms with van der Waals surface area (Å²) in [6.07, 6.45) is 1.89. The molecule has 1 fully saturated rings. The Bertz CT molecular complexity index is 682. The van der Waals surface area contributed by atoms with Crippen LogP contribution in [0.5, 0.6) is 0 Å². The van der Waals surface area contributed by atoms with E-state index in [1.165, 1.54) is 4.68 Å². The van der Waals surface area contributed by atoms with Crippen LogP contribution in [0.15, 0.2) is 30.3 Å². The van der Waals surface area contributed by atoms with Gasteiger partial charge in [0.25, 0.3) is 5.91 Å². The molecule has 3 rings (SSSR count). The number of carbonyl (C=O) groups excluding carboxylic acids is 1. The molecule has 1 aliphatic heterocycles. The van der Waals surface area contributed by atoms with Crippen LogP contribution in [0.3, 0.4) is 0 Å². The molecule has 1 unspecified atom stereocenters. The highest BCUT2D eigenvalue weighted by Crippen LogP contribution is 2.36. The van der Waals surface area contributed by atoms with E-state index in [-0.39, 0.29) is 11.9 Å². The average molecular weight is 305 g/mol. The maximum absolute atomic E-state index is 12.7. The fourth-order valence-corrected chi connectivity index (χ4v) is 3.18. The standard InChI is InChI=1S/C15H17ClN4O/c1-19-13(9-14(17)18-19)15(21)20-8-4-7-12(20)10-5-2-3-6-11(10)16/h2-3,5-6,9,12H,4,7-8H2,1H3,(H2,17,18). The summed E-state index contributed by atoms with van der Waals surface area (Å²) >= 11 is 6.28. The van der Waals surface area contributed by atoms with Crippen molar-refractivity contribution in [2.75, 3.05) is 12.3 Å². The number of halogens is 1. The van der Waals surface area contributed by atoms with E-state index in [2.05, 4.69) is 5.10 Å². The third kappa shape index (κ3) is 2.49. The largest absolute Gasteiger partial charge is 0.382 e.